The Morgan fingerprint density at radius 1 is 0.783 bits per heavy atom. The molecular formula is C21H18O2. The summed E-state index contributed by atoms with van der Waals surface area (Å²) in [6.07, 6.45) is 0. The van der Waals surface area contributed by atoms with Gasteiger partial charge in [-0.15, -0.1) is 0 Å². The largest absolute Gasteiger partial charge is 0.489 e. The third kappa shape index (κ3) is 3.86. The van der Waals surface area contributed by atoms with Gasteiger partial charge in [0.1, 0.15) is 12.4 Å². The molecule has 0 aromatic heterocycles. The minimum absolute atomic E-state index is 0.0845. The topological polar surface area (TPSA) is 26.3 Å². The minimum Gasteiger partial charge on any atom is -0.489 e. The molecule has 0 radical (unpaired) electrons. The maximum atomic E-state index is 11.3. The third-order valence-corrected chi connectivity index (χ3v) is 3.73. The molecule has 0 bridgehead atoms. The molecule has 0 atom stereocenters. The van der Waals surface area contributed by atoms with E-state index < -0.39 is 0 Å². The molecule has 23 heavy (non-hydrogen) atoms. The fourth-order valence-electron chi connectivity index (χ4n) is 2.38. The van der Waals surface area contributed by atoms with E-state index in [0.29, 0.717) is 6.61 Å². The number of hydrogen-bond acceptors (Lipinski definition) is 2. The quantitative estimate of drug-likeness (QED) is 0.610. The van der Waals surface area contributed by atoms with Crippen LogP contribution in [0.1, 0.15) is 22.8 Å². The summed E-state index contributed by atoms with van der Waals surface area (Å²) in [5.41, 5.74) is 4.07. The lowest BCUT2D eigenvalue weighted by Gasteiger charge is -2.08. The second kappa shape index (κ2) is 6.93. The molecule has 0 aliphatic heterocycles. The summed E-state index contributed by atoms with van der Waals surface area (Å²) < 4.78 is 5.79. The molecule has 0 spiro atoms. The van der Waals surface area contributed by atoms with Crippen LogP contribution in [0.25, 0.3) is 11.1 Å². The van der Waals surface area contributed by atoms with Crippen molar-refractivity contribution < 1.29 is 9.53 Å². The smallest absolute Gasteiger partial charge is 0.159 e. The Kier molecular flexibility index (Phi) is 4.53. The van der Waals surface area contributed by atoms with Crippen molar-refractivity contribution in [3.8, 4) is 16.9 Å². The Hall–Kier alpha value is -2.87. The molecule has 2 heteroatoms. The zero-order valence-electron chi connectivity index (χ0n) is 13.0. The van der Waals surface area contributed by atoms with Crippen LogP contribution in [0.4, 0.5) is 0 Å². The number of ether oxygens (including phenoxy) is 1. The molecule has 2 nitrogen and oxygen atoms in total. The van der Waals surface area contributed by atoms with E-state index in [0.717, 1.165) is 28.0 Å². The highest BCUT2D eigenvalue weighted by atomic mass is 16.5. The molecule has 0 saturated heterocycles. The Morgan fingerprint density at radius 2 is 1.35 bits per heavy atom. The fourth-order valence-corrected chi connectivity index (χ4v) is 2.38. The highest BCUT2D eigenvalue weighted by Crippen LogP contribution is 2.23. The van der Waals surface area contributed by atoms with Crippen LogP contribution >= 0.6 is 0 Å². The van der Waals surface area contributed by atoms with Gasteiger partial charge in [0, 0.05) is 5.56 Å². The van der Waals surface area contributed by atoms with Gasteiger partial charge in [0.15, 0.2) is 5.78 Å². The molecule has 0 heterocycles. The van der Waals surface area contributed by atoms with E-state index in [1.165, 1.54) is 0 Å². The molecule has 0 fully saturated rings. The van der Waals surface area contributed by atoms with Gasteiger partial charge in [-0.1, -0.05) is 66.7 Å². The van der Waals surface area contributed by atoms with Crippen LogP contribution in [0.5, 0.6) is 5.75 Å². The van der Waals surface area contributed by atoms with Gasteiger partial charge >= 0.3 is 0 Å². The average Bonchev–Trinajstić information content (AvgIpc) is 2.61. The zero-order chi connectivity index (χ0) is 16.1. The first kappa shape index (κ1) is 15.0. The van der Waals surface area contributed by atoms with Crippen LogP contribution in [0.2, 0.25) is 0 Å². The molecule has 0 aliphatic rings. The number of Topliss-reactive ketones (excluding diaryl/α,β-unsaturated/α-hetero) is 1. The van der Waals surface area contributed by atoms with Crippen molar-refractivity contribution in [2.24, 2.45) is 0 Å². The van der Waals surface area contributed by atoms with E-state index in [1.807, 2.05) is 78.9 Å². The summed E-state index contributed by atoms with van der Waals surface area (Å²) in [5, 5.41) is 0. The number of ketones is 1. The summed E-state index contributed by atoms with van der Waals surface area (Å²) in [6, 6.07) is 25.8. The van der Waals surface area contributed by atoms with Gasteiger partial charge in [-0.25, -0.2) is 0 Å². The van der Waals surface area contributed by atoms with Crippen LogP contribution in [0, 0.1) is 0 Å². The van der Waals surface area contributed by atoms with Gasteiger partial charge in [0.2, 0.25) is 0 Å². The maximum absolute atomic E-state index is 11.3. The van der Waals surface area contributed by atoms with Crippen LogP contribution in [0.15, 0.2) is 78.9 Å². The molecule has 3 aromatic carbocycles. The molecular weight excluding hydrogens is 284 g/mol. The van der Waals surface area contributed by atoms with E-state index in [1.54, 1.807) is 6.92 Å². The Balaban J connectivity index is 1.68. The molecule has 0 aliphatic carbocycles. The van der Waals surface area contributed by atoms with Gasteiger partial charge in [0.05, 0.1) is 0 Å². The fraction of sp³-hybridized carbons (Fsp3) is 0.0952. The van der Waals surface area contributed by atoms with Crippen LogP contribution in [-0.4, -0.2) is 5.78 Å². The molecule has 0 amide bonds. The van der Waals surface area contributed by atoms with E-state index in [2.05, 4.69) is 0 Å². The molecule has 114 valence electrons. The predicted molar refractivity (Wildman–Crippen MR) is 92.7 cm³/mol. The number of carbonyl (C=O) groups is 1. The highest BCUT2D eigenvalue weighted by Gasteiger charge is 2.02. The van der Waals surface area contributed by atoms with Crippen molar-refractivity contribution >= 4 is 5.78 Å². The van der Waals surface area contributed by atoms with Crippen molar-refractivity contribution in [3.05, 3.63) is 90.0 Å². The predicted octanol–water partition coefficient (Wildman–Crippen LogP) is 5.14. The Bertz CT molecular complexity index is 772. The van der Waals surface area contributed by atoms with Gasteiger partial charge in [-0.3, -0.25) is 4.79 Å². The van der Waals surface area contributed by atoms with Crippen molar-refractivity contribution in [1.29, 1.82) is 0 Å². The van der Waals surface area contributed by atoms with Gasteiger partial charge in [0.25, 0.3) is 0 Å². The van der Waals surface area contributed by atoms with E-state index in [9.17, 15) is 4.79 Å². The summed E-state index contributed by atoms with van der Waals surface area (Å²) >= 11 is 0. The van der Waals surface area contributed by atoms with E-state index in [-0.39, 0.29) is 5.78 Å². The molecule has 3 aromatic rings. The zero-order valence-corrected chi connectivity index (χ0v) is 13.0. The lowest BCUT2D eigenvalue weighted by Crippen LogP contribution is -1.94. The monoisotopic (exact) mass is 302 g/mol. The summed E-state index contributed by atoms with van der Waals surface area (Å²) in [6.45, 7) is 2.14. The average molecular weight is 302 g/mol. The normalized spacial score (nSPS) is 10.3. The Labute approximate surface area is 136 Å². The lowest BCUT2D eigenvalue weighted by molar-refractivity contribution is 0.101. The van der Waals surface area contributed by atoms with Crippen LogP contribution in [0.3, 0.4) is 0 Å². The first-order valence-corrected chi connectivity index (χ1v) is 7.60. The molecule has 0 unspecified atom stereocenters. The molecule has 0 N–H and O–H groups in total. The van der Waals surface area contributed by atoms with Gasteiger partial charge in [-0.05, 0) is 35.7 Å². The lowest BCUT2D eigenvalue weighted by atomic mass is 10.0. The number of rotatable bonds is 5. The second-order valence-corrected chi connectivity index (χ2v) is 5.43. The number of hydrogen-bond donors (Lipinski definition) is 0. The third-order valence-electron chi connectivity index (χ3n) is 3.73. The number of benzene rings is 3. The standard InChI is InChI=1S/C21H18O2/c1-16(22)18-7-9-19(10-8-18)20-11-13-21(14-12-20)23-15-17-5-3-2-4-6-17/h2-14H,15H2,1H3. The summed E-state index contributed by atoms with van der Waals surface area (Å²) in [7, 11) is 0. The Morgan fingerprint density at radius 3 is 1.91 bits per heavy atom. The maximum Gasteiger partial charge on any atom is 0.159 e. The number of carbonyl (C=O) groups excluding carboxylic acids is 1. The first-order chi connectivity index (χ1) is 11.2. The highest BCUT2D eigenvalue weighted by molar-refractivity contribution is 5.94. The van der Waals surface area contributed by atoms with Gasteiger partial charge in [-0.2, -0.15) is 0 Å². The summed E-state index contributed by atoms with van der Waals surface area (Å²) in [4.78, 5) is 11.3. The van der Waals surface area contributed by atoms with Crippen molar-refractivity contribution in [1.82, 2.24) is 0 Å². The van der Waals surface area contributed by atoms with Crippen LogP contribution < -0.4 is 4.74 Å². The SMILES string of the molecule is CC(=O)c1ccc(-c2ccc(OCc3ccccc3)cc2)cc1. The van der Waals surface area contributed by atoms with E-state index >= 15 is 0 Å². The van der Waals surface area contributed by atoms with Crippen molar-refractivity contribution in [2.45, 2.75) is 13.5 Å². The van der Waals surface area contributed by atoms with Crippen molar-refractivity contribution in [3.63, 3.8) is 0 Å². The van der Waals surface area contributed by atoms with Crippen molar-refractivity contribution in [2.75, 3.05) is 0 Å². The van der Waals surface area contributed by atoms with Crippen LogP contribution in [-0.2, 0) is 6.61 Å². The van der Waals surface area contributed by atoms with Gasteiger partial charge < -0.3 is 4.74 Å². The second-order valence-electron chi connectivity index (χ2n) is 5.43. The molecule has 3 rings (SSSR count). The van der Waals surface area contributed by atoms with E-state index in [4.69, 9.17) is 4.74 Å². The minimum atomic E-state index is 0.0845. The summed E-state index contributed by atoms with van der Waals surface area (Å²) in [5.74, 6) is 0.930. The first-order valence-electron chi connectivity index (χ1n) is 7.60. The molecule has 0 saturated carbocycles.